The highest BCUT2D eigenvalue weighted by molar-refractivity contribution is 5.80. The zero-order valence-electron chi connectivity index (χ0n) is 13.7. The molecule has 0 aliphatic carbocycles. The van der Waals surface area contributed by atoms with Gasteiger partial charge in [0.05, 0.1) is 12.5 Å². The van der Waals surface area contributed by atoms with Crippen molar-refractivity contribution >= 4 is 5.91 Å². The molecule has 0 spiro atoms. The molecule has 2 aliphatic heterocycles. The number of hydrogen-bond donors (Lipinski definition) is 0. The lowest BCUT2D eigenvalue weighted by atomic mass is 9.98. The van der Waals surface area contributed by atoms with E-state index in [1.807, 2.05) is 47.0 Å². The molecule has 6 nitrogen and oxygen atoms in total. The predicted octanol–water partition coefficient (Wildman–Crippen LogP) is 1.92. The van der Waals surface area contributed by atoms with Gasteiger partial charge in [0, 0.05) is 38.2 Å². The molecular weight excluding hydrogens is 306 g/mol. The Morgan fingerprint density at radius 1 is 1.29 bits per heavy atom. The molecule has 6 heteroatoms. The summed E-state index contributed by atoms with van der Waals surface area (Å²) in [6, 6.07) is 7.91. The summed E-state index contributed by atoms with van der Waals surface area (Å²) in [5.74, 6) is 1.63. The maximum Gasteiger partial charge on any atom is 0.229 e. The smallest absolute Gasteiger partial charge is 0.229 e. The van der Waals surface area contributed by atoms with Crippen LogP contribution < -0.4 is 4.74 Å². The highest BCUT2D eigenvalue weighted by Gasteiger charge is 2.40. The standard InChI is InChI=1S/C18H21N3O3/c1-20-8-7-19-17(20)16-14(6-10-24-16)18(22)21-9-11-23-15-5-3-2-4-13(15)12-21/h2-5,7-8,14,16H,6,9-12H2,1H3/t14-,16-/m1/s1. The number of ether oxygens (including phenoxy) is 2. The molecule has 2 atom stereocenters. The Labute approximate surface area is 141 Å². The van der Waals surface area contributed by atoms with E-state index in [0.717, 1.165) is 23.6 Å². The molecule has 2 aromatic rings. The molecule has 0 saturated carbocycles. The molecule has 0 bridgehead atoms. The summed E-state index contributed by atoms with van der Waals surface area (Å²) in [5, 5.41) is 0. The number of aromatic nitrogens is 2. The monoisotopic (exact) mass is 327 g/mol. The number of hydrogen-bond acceptors (Lipinski definition) is 4. The second-order valence-electron chi connectivity index (χ2n) is 6.30. The molecule has 1 aromatic carbocycles. The van der Waals surface area contributed by atoms with Crippen molar-refractivity contribution in [3.8, 4) is 5.75 Å². The van der Waals surface area contributed by atoms with E-state index in [4.69, 9.17) is 9.47 Å². The van der Waals surface area contributed by atoms with Crippen molar-refractivity contribution in [3.63, 3.8) is 0 Å². The summed E-state index contributed by atoms with van der Waals surface area (Å²) in [4.78, 5) is 19.4. The van der Waals surface area contributed by atoms with Crippen molar-refractivity contribution in [1.82, 2.24) is 14.5 Å². The lowest BCUT2D eigenvalue weighted by Crippen LogP contribution is -2.38. The molecule has 126 valence electrons. The van der Waals surface area contributed by atoms with Crippen LogP contribution in [0.15, 0.2) is 36.7 Å². The maximum absolute atomic E-state index is 13.1. The first kappa shape index (κ1) is 15.2. The van der Waals surface area contributed by atoms with E-state index < -0.39 is 0 Å². The van der Waals surface area contributed by atoms with Gasteiger partial charge < -0.3 is 18.9 Å². The molecule has 1 amide bonds. The molecule has 1 fully saturated rings. The third-order valence-corrected chi connectivity index (χ3v) is 4.79. The number of para-hydroxylation sites is 1. The van der Waals surface area contributed by atoms with E-state index in [-0.39, 0.29) is 17.9 Å². The average Bonchev–Trinajstić information content (AvgIpc) is 3.17. The Kier molecular flexibility index (Phi) is 3.98. The molecular formula is C18H21N3O3. The minimum atomic E-state index is -0.267. The van der Waals surface area contributed by atoms with Gasteiger partial charge in [0.25, 0.3) is 0 Å². The second-order valence-corrected chi connectivity index (χ2v) is 6.30. The summed E-state index contributed by atoms with van der Waals surface area (Å²) >= 11 is 0. The molecule has 24 heavy (non-hydrogen) atoms. The molecule has 2 aliphatic rings. The highest BCUT2D eigenvalue weighted by atomic mass is 16.5. The third kappa shape index (κ3) is 2.67. The lowest BCUT2D eigenvalue weighted by Gasteiger charge is -2.26. The number of carbonyl (C=O) groups is 1. The van der Waals surface area contributed by atoms with Crippen molar-refractivity contribution < 1.29 is 14.3 Å². The molecule has 1 saturated heterocycles. The number of amides is 1. The van der Waals surface area contributed by atoms with Crippen molar-refractivity contribution in [2.45, 2.75) is 19.1 Å². The fourth-order valence-electron chi connectivity index (χ4n) is 3.50. The molecule has 4 rings (SSSR count). The van der Waals surface area contributed by atoms with Crippen molar-refractivity contribution in [1.29, 1.82) is 0 Å². The van der Waals surface area contributed by atoms with Gasteiger partial charge in [-0.1, -0.05) is 18.2 Å². The normalized spacial score (nSPS) is 23.5. The van der Waals surface area contributed by atoms with Crippen LogP contribution in [0, 0.1) is 5.92 Å². The Bertz CT molecular complexity index is 743. The van der Waals surface area contributed by atoms with Crippen molar-refractivity contribution in [2.75, 3.05) is 19.8 Å². The van der Waals surface area contributed by atoms with Crippen LogP contribution in [-0.4, -0.2) is 40.1 Å². The number of aryl methyl sites for hydroxylation is 1. The van der Waals surface area contributed by atoms with Crippen molar-refractivity contribution in [2.24, 2.45) is 13.0 Å². The van der Waals surface area contributed by atoms with Gasteiger partial charge in [-0.2, -0.15) is 0 Å². The number of fused-ring (bicyclic) bond motifs is 1. The third-order valence-electron chi connectivity index (χ3n) is 4.79. The van der Waals surface area contributed by atoms with Gasteiger partial charge in [0.1, 0.15) is 24.3 Å². The van der Waals surface area contributed by atoms with Crippen LogP contribution in [0.3, 0.4) is 0 Å². The number of benzene rings is 1. The van der Waals surface area contributed by atoms with E-state index in [1.165, 1.54) is 0 Å². The fourth-order valence-corrected chi connectivity index (χ4v) is 3.50. The number of carbonyl (C=O) groups excluding carboxylic acids is 1. The van der Waals surface area contributed by atoms with E-state index in [2.05, 4.69) is 4.98 Å². The minimum Gasteiger partial charge on any atom is -0.491 e. The predicted molar refractivity (Wildman–Crippen MR) is 87.4 cm³/mol. The summed E-state index contributed by atoms with van der Waals surface area (Å²) in [7, 11) is 1.93. The van der Waals surface area contributed by atoms with E-state index in [1.54, 1.807) is 6.20 Å². The zero-order valence-corrected chi connectivity index (χ0v) is 13.7. The average molecular weight is 327 g/mol. The molecule has 1 aromatic heterocycles. The van der Waals surface area contributed by atoms with Crippen LogP contribution >= 0.6 is 0 Å². The van der Waals surface area contributed by atoms with E-state index >= 15 is 0 Å². The Hall–Kier alpha value is -2.34. The van der Waals surface area contributed by atoms with E-state index in [9.17, 15) is 4.79 Å². The maximum atomic E-state index is 13.1. The molecule has 0 radical (unpaired) electrons. The number of nitrogens with zero attached hydrogens (tertiary/aromatic N) is 3. The number of rotatable bonds is 2. The fraction of sp³-hybridized carbons (Fsp3) is 0.444. The Morgan fingerprint density at radius 3 is 3.00 bits per heavy atom. The SMILES string of the molecule is Cn1ccnc1[C@@H]1OCC[C@H]1C(=O)N1CCOc2ccccc2C1. The van der Waals surface area contributed by atoms with E-state index in [0.29, 0.717) is 26.3 Å². The zero-order chi connectivity index (χ0) is 16.5. The summed E-state index contributed by atoms with van der Waals surface area (Å²) < 4.78 is 13.5. The van der Waals surface area contributed by atoms with Gasteiger partial charge in [-0.3, -0.25) is 4.79 Å². The van der Waals surface area contributed by atoms with Crippen LogP contribution in [0.1, 0.15) is 23.9 Å². The Balaban J connectivity index is 1.56. The Morgan fingerprint density at radius 2 is 2.17 bits per heavy atom. The van der Waals surface area contributed by atoms with Crippen molar-refractivity contribution in [3.05, 3.63) is 48.0 Å². The highest BCUT2D eigenvalue weighted by Crippen LogP contribution is 2.35. The van der Waals surface area contributed by atoms with Gasteiger partial charge in [0.2, 0.25) is 5.91 Å². The van der Waals surface area contributed by atoms with Crippen LogP contribution in [0.2, 0.25) is 0 Å². The lowest BCUT2D eigenvalue weighted by molar-refractivity contribution is -0.138. The summed E-state index contributed by atoms with van der Waals surface area (Å²) in [6.07, 6.45) is 4.09. The van der Waals surface area contributed by atoms with Crippen LogP contribution in [0.4, 0.5) is 0 Å². The van der Waals surface area contributed by atoms with Gasteiger partial charge in [-0.05, 0) is 12.5 Å². The van der Waals surface area contributed by atoms with Gasteiger partial charge >= 0.3 is 0 Å². The first-order chi connectivity index (χ1) is 11.7. The minimum absolute atomic E-state index is 0.126. The first-order valence-electron chi connectivity index (χ1n) is 8.32. The topological polar surface area (TPSA) is 56.6 Å². The summed E-state index contributed by atoms with van der Waals surface area (Å²) in [6.45, 7) is 2.29. The van der Waals surface area contributed by atoms with Gasteiger partial charge in [-0.15, -0.1) is 0 Å². The quantitative estimate of drug-likeness (QED) is 0.846. The molecule has 3 heterocycles. The van der Waals surface area contributed by atoms with Gasteiger partial charge in [-0.25, -0.2) is 4.98 Å². The number of imidazole rings is 1. The first-order valence-corrected chi connectivity index (χ1v) is 8.32. The largest absolute Gasteiger partial charge is 0.491 e. The molecule has 0 unspecified atom stereocenters. The summed E-state index contributed by atoms with van der Waals surface area (Å²) in [5.41, 5.74) is 1.05. The van der Waals surface area contributed by atoms with Gasteiger partial charge in [0.15, 0.2) is 0 Å². The molecule has 0 N–H and O–H groups in total. The van der Waals surface area contributed by atoms with Crippen LogP contribution in [0.5, 0.6) is 5.75 Å². The van der Waals surface area contributed by atoms with Crippen LogP contribution in [0.25, 0.3) is 0 Å². The second kappa shape index (κ2) is 6.28. The van der Waals surface area contributed by atoms with Crippen LogP contribution in [-0.2, 0) is 23.1 Å².